The van der Waals surface area contributed by atoms with Gasteiger partial charge in [-0.05, 0) is 54.2 Å². The number of carbonyl (C=O) groups excluding carboxylic acids is 3. The maximum atomic E-state index is 12.8. The first kappa shape index (κ1) is 22.4. The van der Waals surface area contributed by atoms with Gasteiger partial charge in [0.15, 0.2) is 5.11 Å². The van der Waals surface area contributed by atoms with Gasteiger partial charge in [-0.25, -0.2) is 4.90 Å². The van der Waals surface area contributed by atoms with Gasteiger partial charge in [0.2, 0.25) is 5.91 Å². The lowest BCUT2D eigenvalue weighted by Crippen LogP contribution is -2.35. The summed E-state index contributed by atoms with van der Waals surface area (Å²) < 4.78 is 5.42. The minimum absolute atomic E-state index is 0.101. The van der Waals surface area contributed by atoms with Gasteiger partial charge in [-0.15, -0.1) is 0 Å². The average Bonchev–Trinajstić information content (AvgIpc) is 3.05. The van der Waals surface area contributed by atoms with Crippen molar-refractivity contribution >= 4 is 58.0 Å². The maximum Gasteiger partial charge on any atom is 0.266 e. The zero-order valence-electron chi connectivity index (χ0n) is 17.4. The number of fused-ring (bicyclic) bond motifs is 1. The quantitative estimate of drug-likeness (QED) is 0.421. The van der Waals surface area contributed by atoms with Crippen molar-refractivity contribution in [3.8, 4) is 5.75 Å². The lowest BCUT2D eigenvalue weighted by molar-refractivity contribution is -0.119. The van der Waals surface area contributed by atoms with Crippen molar-refractivity contribution < 1.29 is 19.1 Å². The van der Waals surface area contributed by atoms with E-state index in [0.717, 1.165) is 10.5 Å². The number of imide groups is 1. The van der Waals surface area contributed by atoms with E-state index in [1.807, 2.05) is 0 Å². The molecule has 1 aliphatic rings. The van der Waals surface area contributed by atoms with E-state index >= 15 is 0 Å². The lowest BCUT2D eigenvalue weighted by atomic mass is 10.1. The number of anilines is 2. The molecule has 0 saturated heterocycles. The van der Waals surface area contributed by atoms with Crippen molar-refractivity contribution in [1.82, 2.24) is 5.32 Å². The van der Waals surface area contributed by atoms with Gasteiger partial charge >= 0.3 is 0 Å². The van der Waals surface area contributed by atoms with E-state index < -0.39 is 11.8 Å². The molecule has 0 radical (unpaired) electrons. The van der Waals surface area contributed by atoms with Crippen molar-refractivity contribution in [2.75, 3.05) is 17.3 Å². The number of benzene rings is 3. The number of carbonyl (C=O) groups is 3. The average molecular weight is 480 g/mol. The first-order valence-corrected chi connectivity index (χ1v) is 10.7. The fourth-order valence-corrected chi connectivity index (χ4v) is 3.83. The number of hydrogen-bond donors (Lipinski definition) is 2. The van der Waals surface area contributed by atoms with Crippen molar-refractivity contribution in [3.63, 3.8) is 0 Å². The van der Waals surface area contributed by atoms with Crippen LogP contribution in [0.3, 0.4) is 0 Å². The van der Waals surface area contributed by atoms with Gasteiger partial charge in [0, 0.05) is 16.8 Å². The van der Waals surface area contributed by atoms with Crippen molar-refractivity contribution in [3.05, 3.63) is 88.4 Å². The number of ether oxygens (including phenoxy) is 1. The van der Waals surface area contributed by atoms with Crippen LogP contribution in [0.5, 0.6) is 5.75 Å². The molecule has 1 heterocycles. The molecule has 2 N–H and O–H groups in total. The van der Waals surface area contributed by atoms with E-state index in [4.69, 9.17) is 28.6 Å². The van der Waals surface area contributed by atoms with Crippen molar-refractivity contribution in [2.45, 2.75) is 6.42 Å². The largest absolute Gasteiger partial charge is 0.494 e. The number of halogens is 1. The van der Waals surface area contributed by atoms with Crippen LogP contribution in [0.1, 0.15) is 26.3 Å². The predicted molar refractivity (Wildman–Crippen MR) is 130 cm³/mol. The van der Waals surface area contributed by atoms with Gasteiger partial charge in [-0.3, -0.25) is 14.4 Å². The number of nitrogens with one attached hydrogen (secondary N) is 2. The molecule has 7 nitrogen and oxygen atoms in total. The second-order valence-corrected chi connectivity index (χ2v) is 8.03. The highest BCUT2D eigenvalue weighted by Crippen LogP contribution is 2.36. The molecule has 0 fully saturated rings. The first-order chi connectivity index (χ1) is 15.9. The van der Waals surface area contributed by atoms with Crippen LogP contribution in [0.2, 0.25) is 5.02 Å². The van der Waals surface area contributed by atoms with Crippen LogP contribution >= 0.6 is 23.8 Å². The van der Waals surface area contributed by atoms with Crippen molar-refractivity contribution in [2.24, 2.45) is 0 Å². The van der Waals surface area contributed by atoms with Crippen LogP contribution in [-0.4, -0.2) is 29.9 Å². The van der Waals surface area contributed by atoms with Crippen molar-refractivity contribution in [1.29, 1.82) is 0 Å². The van der Waals surface area contributed by atoms with Gasteiger partial charge in [0.25, 0.3) is 11.8 Å². The molecular formula is C24H18ClN3O4S. The molecule has 0 saturated carbocycles. The summed E-state index contributed by atoms with van der Waals surface area (Å²) in [5.41, 5.74) is 2.32. The molecule has 0 atom stereocenters. The molecule has 9 heteroatoms. The smallest absolute Gasteiger partial charge is 0.266 e. The van der Waals surface area contributed by atoms with E-state index in [2.05, 4.69) is 10.6 Å². The molecule has 3 aromatic carbocycles. The summed E-state index contributed by atoms with van der Waals surface area (Å²) in [4.78, 5) is 38.9. The highest BCUT2D eigenvalue weighted by atomic mass is 35.5. The summed E-state index contributed by atoms with van der Waals surface area (Å²) in [6.07, 6.45) is 0.140. The zero-order chi connectivity index (χ0) is 23.5. The van der Waals surface area contributed by atoms with Crippen LogP contribution in [0, 0.1) is 0 Å². The number of rotatable bonds is 5. The highest BCUT2D eigenvalue weighted by Gasteiger charge is 2.37. The number of amides is 3. The van der Waals surface area contributed by atoms with E-state index in [-0.39, 0.29) is 17.4 Å². The van der Waals surface area contributed by atoms with E-state index in [9.17, 15) is 14.4 Å². The Kier molecular flexibility index (Phi) is 6.39. The Morgan fingerprint density at radius 1 is 1.00 bits per heavy atom. The Morgan fingerprint density at radius 3 is 2.24 bits per heavy atom. The number of hydrogen-bond acceptors (Lipinski definition) is 5. The van der Waals surface area contributed by atoms with Gasteiger partial charge in [0.1, 0.15) is 5.75 Å². The Morgan fingerprint density at radius 2 is 1.64 bits per heavy atom. The Balaban J connectivity index is 1.45. The van der Waals surface area contributed by atoms with Gasteiger partial charge in [-0.2, -0.15) is 0 Å². The second-order valence-electron chi connectivity index (χ2n) is 7.18. The van der Waals surface area contributed by atoms with Crippen LogP contribution in [-0.2, 0) is 11.2 Å². The molecule has 3 aromatic rings. The third-order valence-electron chi connectivity index (χ3n) is 5.00. The zero-order valence-corrected chi connectivity index (χ0v) is 19.0. The number of methoxy groups -OCH3 is 1. The normalized spacial score (nSPS) is 12.4. The van der Waals surface area contributed by atoms with Crippen LogP contribution < -0.4 is 20.3 Å². The summed E-state index contributed by atoms with van der Waals surface area (Å²) in [7, 11) is 1.44. The minimum atomic E-state index is -0.417. The number of nitrogens with zero attached hydrogens (tertiary/aromatic N) is 1. The predicted octanol–water partition coefficient (Wildman–Crippen LogP) is 4.20. The third kappa shape index (κ3) is 4.72. The summed E-state index contributed by atoms with van der Waals surface area (Å²) in [5, 5.41) is 6.22. The van der Waals surface area contributed by atoms with Crippen LogP contribution in [0.25, 0.3) is 0 Å². The number of thiocarbonyl (C=S) groups is 1. The van der Waals surface area contributed by atoms with Crippen LogP contribution in [0.4, 0.5) is 11.4 Å². The summed E-state index contributed by atoms with van der Waals surface area (Å²) in [6, 6.07) is 18.4. The summed E-state index contributed by atoms with van der Waals surface area (Å²) in [6.45, 7) is 0. The monoisotopic (exact) mass is 479 g/mol. The van der Waals surface area contributed by atoms with Gasteiger partial charge < -0.3 is 15.4 Å². The second kappa shape index (κ2) is 9.40. The molecular weight excluding hydrogens is 462 g/mol. The fraction of sp³-hybridized carbons (Fsp3) is 0.0833. The van der Waals surface area contributed by atoms with E-state index in [0.29, 0.717) is 33.3 Å². The molecule has 0 aromatic heterocycles. The van der Waals surface area contributed by atoms with E-state index in [1.165, 1.54) is 7.11 Å². The van der Waals surface area contributed by atoms with E-state index in [1.54, 1.807) is 66.7 Å². The third-order valence-corrected chi connectivity index (χ3v) is 5.46. The Hall–Kier alpha value is -3.75. The highest BCUT2D eigenvalue weighted by molar-refractivity contribution is 7.80. The van der Waals surface area contributed by atoms with Gasteiger partial charge in [-0.1, -0.05) is 35.9 Å². The molecule has 3 amide bonds. The Labute approximate surface area is 200 Å². The molecule has 0 bridgehead atoms. The molecule has 0 unspecified atom stereocenters. The molecule has 166 valence electrons. The van der Waals surface area contributed by atoms with Crippen LogP contribution in [0.15, 0.2) is 66.7 Å². The molecule has 0 spiro atoms. The fourth-order valence-electron chi connectivity index (χ4n) is 3.47. The Bertz CT molecular complexity index is 1240. The molecule has 1 aliphatic heterocycles. The molecule has 4 rings (SSSR count). The topological polar surface area (TPSA) is 87.7 Å². The molecule has 0 aliphatic carbocycles. The minimum Gasteiger partial charge on any atom is -0.494 e. The molecule has 33 heavy (non-hydrogen) atoms. The SMILES string of the molecule is COc1cc(NC(=S)NC(=O)Cc2ccc(Cl)cc2)ccc1N1C(=O)c2ccccc2C1=O. The maximum absolute atomic E-state index is 12.8. The first-order valence-electron chi connectivity index (χ1n) is 9.88. The summed E-state index contributed by atoms with van der Waals surface area (Å²) in [5.74, 6) is -0.826. The van der Waals surface area contributed by atoms with Gasteiger partial charge in [0.05, 0.1) is 30.3 Å². The lowest BCUT2D eigenvalue weighted by Gasteiger charge is -2.19. The summed E-state index contributed by atoms with van der Waals surface area (Å²) >= 11 is 11.1. The standard InChI is InChI=1S/C24H18ClN3O4S/c1-32-20-13-16(26-24(33)27-21(29)12-14-6-8-15(25)9-7-14)10-11-19(20)28-22(30)17-4-2-3-5-18(17)23(28)31/h2-11,13H,12H2,1H3,(H2,26,27,29,33).